The standard InChI is InChI=1S/C20H27FN4O/c1-3-4-20(26)22-17-9-11-25(12-10-17)14-18-13-19(23-24(18)2)15-5-7-16(21)8-6-15/h5-8,13,17H,3-4,9-12,14H2,1-2H3,(H,22,26). The summed E-state index contributed by atoms with van der Waals surface area (Å²) in [5.41, 5.74) is 2.92. The van der Waals surface area contributed by atoms with Crippen LogP contribution < -0.4 is 5.32 Å². The molecule has 1 aromatic carbocycles. The summed E-state index contributed by atoms with van der Waals surface area (Å²) in [5.74, 6) is -0.0691. The predicted octanol–water partition coefficient (Wildman–Crippen LogP) is 3.11. The zero-order valence-corrected chi connectivity index (χ0v) is 15.5. The third kappa shape index (κ3) is 4.69. The van der Waals surface area contributed by atoms with E-state index in [2.05, 4.69) is 21.4 Å². The van der Waals surface area contributed by atoms with Gasteiger partial charge in [-0.05, 0) is 49.6 Å². The van der Waals surface area contributed by atoms with Crippen molar-refractivity contribution in [1.82, 2.24) is 20.0 Å². The molecule has 1 saturated heterocycles. The van der Waals surface area contributed by atoms with Gasteiger partial charge < -0.3 is 5.32 Å². The van der Waals surface area contributed by atoms with E-state index in [0.717, 1.165) is 55.8 Å². The molecule has 0 radical (unpaired) electrons. The molecule has 2 aromatic rings. The lowest BCUT2D eigenvalue weighted by molar-refractivity contribution is -0.122. The first-order chi connectivity index (χ1) is 12.5. The van der Waals surface area contributed by atoms with Crippen LogP contribution in [0.5, 0.6) is 0 Å². The van der Waals surface area contributed by atoms with E-state index in [1.165, 1.54) is 12.1 Å². The van der Waals surface area contributed by atoms with Crippen LogP contribution in [0.4, 0.5) is 4.39 Å². The van der Waals surface area contributed by atoms with E-state index in [-0.39, 0.29) is 11.7 Å². The third-order valence-electron chi connectivity index (χ3n) is 4.93. The summed E-state index contributed by atoms with van der Waals surface area (Å²) in [5, 5.41) is 7.69. The van der Waals surface area contributed by atoms with E-state index in [1.54, 1.807) is 12.1 Å². The predicted molar refractivity (Wildman–Crippen MR) is 100.0 cm³/mol. The number of likely N-dealkylation sites (tertiary alicyclic amines) is 1. The van der Waals surface area contributed by atoms with E-state index in [9.17, 15) is 9.18 Å². The monoisotopic (exact) mass is 358 g/mol. The lowest BCUT2D eigenvalue weighted by Crippen LogP contribution is -2.44. The molecule has 1 aliphatic rings. The topological polar surface area (TPSA) is 50.2 Å². The number of aromatic nitrogens is 2. The number of piperidine rings is 1. The summed E-state index contributed by atoms with van der Waals surface area (Å²) >= 11 is 0. The van der Waals surface area contributed by atoms with Gasteiger partial charge in [0.15, 0.2) is 0 Å². The number of benzene rings is 1. The lowest BCUT2D eigenvalue weighted by atomic mass is 10.0. The number of carbonyl (C=O) groups is 1. The minimum absolute atomic E-state index is 0.168. The molecule has 3 rings (SSSR count). The number of rotatable bonds is 6. The Bertz CT molecular complexity index is 733. The summed E-state index contributed by atoms with van der Waals surface area (Å²) in [4.78, 5) is 14.1. The smallest absolute Gasteiger partial charge is 0.220 e. The van der Waals surface area contributed by atoms with E-state index in [0.29, 0.717) is 12.5 Å². The van der Waals surface area contributed by atoms with Crippen molar-refractivity contribution in [3.63, 3.8) is 0 Å². The van der Waals surface area contributed by atoms with Gasteiger partial charge in [0, 0.05) is 44.7 Å². The molecular weight excluding hydrogens is 331 g/mol. The molecule has 5 nitrogen and oxygen atoms in total. The van der Waals surface area contributed by atoms with Gasteiger partial charge in [-0.25, -0.2) is 4.39 Å². The Morgan fingerprint density at radius 3 is 2.62 bits per heavy atom. The summed E-state index contributed by atoms with van der Waals surface area (Å²) in [6, 6.07) is 8.80. The molecule has 0 bridgehead atoms. The Balaban J connectivity index is 1.55. The van der Waals surface area contributed by atoms with Crippen LogP contribution in [0.2, 0.25) is 0 Å². The Morgan fingerprint density at radius 1 is 1.27 bits per heavy atom. The summed E-state index contributed by atoms with van der Waals surface area (Å²) in [6.07, 6.45) is 3.47. The fraction of sp³-hybridized carbons (Fsp3) is 0.500. The molecule has 1 aliphatic heterocycles. The van der Waals surface area contributed by atoms with Crippen LogP contribution in [0.1, 0.15) is 38.3 Å². The van der Waals surface area contributed by atoms with Crippen molar-refractivity contribution in [2.75, 3.05) is 13.1 Å². The molecule has 26 heavy (non-hydrogen) atoms. The molecule has 0 atom stereocenters. The zero-order chi connectivity index (χ0) is 18.5. The van der Waals surface area contributed by atoms with Crippen molar-refractivity contribution in [3.05, 3.63) is 41.8 Å². The van der Waals surface area contributed by atoms with Gasteiger partial charge >= 0.3 is 0 Å². The number of amides is 1. The fourth-order valence-corrected chi connectivity index (χ4v) is 3.41. The lowest BCUT2D eigenvalue weighted by Gasteiger charge is -2.32. The summed E-state index contributed by atoms with van der Waals surface area (Å²) in [7, 11) is 1.94. The number of carbonyl (C=O) groups excluding carboxylic acids is 1. The molecule has 140 valence electrons. The Morgan fingerprint density at radius 2 is 1.96 bits per heavy atom. The van der Waals surface area contributed by atoms with Crippen molar-refractivity contribution in [1.29, 1.82) is 0 Å². The number of aryl methyl sites for hydroxylation is 1. The molecule has 1 fully saturated rings. The fourth-order valence-electron chi connectivity index (χ4n) is 3.41. The normalized spacial score (nSPS) is 16.0. The van der Waals surface area contributed by atoms with Gasteiger partial charge in [-0.15, -0.1) is 0 Å². The van der Waals surface area contributed by atoms with E-state index >= 15 is 0 Å². The van der Waals surface area contributed by atoms with Crippen LogP contribution in [-0.2, 0) is 18.4 Å². The van der Waals surface area contributed by atoms with Crippen molar-refractivity contribution in [2.24, 2.45) is 7.05 Å². The van der Waals surface area contributed by atoms with Crippen molar-refractivity contribution in [3.8, 4) is 11.3 Å². The SMILES string of the molecule is CCCC(=O)NC1CCN(Cc2cc(-c3ccc(F)cc3)nn2C)CC1. The van der Waals surface area contributed by atoms with Crippen LogP contribution in [0.15, 0.2) is 30.3 Å². The number of hydrogen-bond donors (Lipinski definition) is 1. The average Bonchev–Trinajstić information content (AvgIpc) is 2.98. The average molecular weight is 358 g/mol. The molecule has 1 amide bonds. The quantitative estimate of drug-likeness (QED) is 0.863. The van der Waals surface area contributed by atoms with Gasteiger partial charge in [-0.2, -0.15) is 5.10 Å². The molecule has 1 N–H and O–H groups in total. The van der Waals surface area contributed by atoms with Gasteiger partial charge in [0.2, 0.25) is 5.91 Å². The Hall–Kier alpha value is -2.21. The van der Waals surface area contributed by atoms with Crippen molar-refractivity contribution in [2.45, 2.75) is 45.2 Å². The first-order valence-corrected chi connectivity index (χ1v) is 9.35. The third-order valence-corrected chi connectivity index (χ3v) is 4.93. The van der Waals surface area contributed by atoms with E-state index in [1.807, 2.05) is 18.7 Å². The molecule has 2 heterocycles. The van der Waals surface area contributed by atoms with Crippen LogP contribution in [-0.4, -0.2) is 39.7 Å². The van der Waals surface area contributed by atoms with Gasteiger partial charge in [0.25, 0.3) is 0 Å². The maximum absolute atomic E-state index is 13.1. The van der Waals surface area contributed by atoms with Gasteiger partial charge in [0.05, 0.1) is 11.4 Å². The molecule has 1 aromatic heterocycles. The van der Waals surface area contributed by atoms with Crippen LogP contribution >= 0.6 is 0 Å². The minimum atomic E-state index is -0.237. The highest BCUT2D eigenvalue weighted by Crippen LogP contribution is 2.21. The highest BCUT2D eigenvalue weighted by atomic mass is 19.1. The van der Waals surface area contributed by atoms with Crippen LogP contribution in [0, 0.1) is 5.82 Å². The number of nitrogens with zero attached hydrogens (tertiary/aromatic N) is 3. The number of hydrogen-bond acceptors (Lipinski definition) is 3. The second-order valence-corrected chi connectivity index (χ2v) is 7.02. The first-order valence-electron chi connectivity index (χ1n) is 9.35. The molecule has 0 saturated carbocycles. The van der Waals surface area contributed by atoms with E-state index < -0.39 is 0 Å². The van der Waals surface area contributed by atoms with Crippen LogP contribution in [0.3, 0.4) is 0 Å². The van der Waals surface area contributed by atoms with E-state index in [4.69, 9.17) is 0 Å². The second-order valence-electron chi connectivity index (χ2n) is 7.02. The summed E-state index contributed by atoms with van der Waals surface area (Å²) in [6.45, 7) is 4.79. The minimum Gasteiger partial charge on any atom is -0.353 e. The van der Waals surface area contributed by atoms with Gasteiger partial charge in [-0.1, -0.05) is 6.92 Å². The molecule has 0 spiro atoms. The largest absolute Gasteiger partial charge is 0.353 e. The molecule has 6 heteroatoms. The van der Waals surface area contributed by atoms with Gasteiger partial charge in [0.1, 0.15) is 5.82 Å². The van der Waals surface area contributed by atoms with Crippen LogP contribution in [0.25, 0.3) is 11.3 Å². The Kier molecular flexibility index (Phi) is 6.04. The highest BCUT2D eigenvalue weighted by molar-refractivity contribution is 5.76. The maximum Gasteiger partial charge on any atom is 0.220 e. The second kappa shape index (κ2) is 8.45. The molecule has 0 unspecified atom stereocenters. The van der Waals surface area contributed by atoms with Gasteiger partial charge in [-0.3, -0.25) is 14.4 Å². The van der Waals surface area contributed by atoms with Crippen molar-refractivity contribution >= 4 is 5.91 Å². The first kappa shape index (κ1) is 18.6. The molecular formula is C20H27FN4O. The molecule has 0 aliphatic carbocycles. The van der Waals surface area contributed by atoms with Crippen molar-refractivity contribution < 1.29 is 9.18 Å². The number of nitrogens with one attached hydrogen (secondary N) is 1. The number of halogens is 1. The zero-order valence-electron chi connectivity index (χ0n) is 15.5. The summed E-state index contributed by atoms with van der Waals surface area (Å²) < 4.78 is 15.0. The maximum atomic E-state index is 13.1. The highest BCUT2D eigenvalue weighted by Gasteiger charge is 2.21. The Labute approximate surface area is 154 Å².